The Morgan fingerprint density at radius 3 is 2.38 bits per heavy atom. The van der Waals surface area contributed by atoms with Gasteiger partial charge in [0.2, 0.25) is 0 Å². The number of hydrogen-bond donors (Lipinski definition) is 0. The second-order valence-corrected chi connectivity index (χ2v) is 5.54. The lowest BCUT2D eigenvalue weighted by Gasteiger charge is -2.12. The molecule has 0 aliphatic heterocycles. The zero-order chi connectivity index (χ0) is 15.4. The van der Waals surface area contributed by atoms with Gasteiger partial charge in [0.25, 0.3) is 0 Å². The van der Waals surface area contributed by atoms with E-state index in [1.807, 2.05) is 19.0 Å². The molecule has 0 saturated carbocycles. The Hall–Kier alpha value is -1.84. The molecule has 0 unspecified atom stereocenters. The van der Waals surface area contributed by atoms with Crippen LogP contribution in [0.1, 0.15) is 15.9 Å². The summed E-state index contributed by atoms with van der Waals surface area (Å²) in [5, 5.41) is 0.838. The third-order valence-corrected chi connectivity index (χ3v) is 3.35. The van der Waals surface area contributed by atoms with E-state index in [9.17, 15) is 4.79 Å². The molecule has 0 saturated heterocycles. The number of benzene rings is 1. The number of carbonyl (C=O) groups excluding carboxylic acids is 1. The SMILES string of the molecule is CN(C)C=C(C(=O)c1ccc(Cl)cc1Cl)c1ccncc1. The number of nitrogens with zero attached hydrogens (tertiary/aromatic N) is 2. The minimum atomic E-state index is -0.156. The van der Waals surface area contributed by atoms with Crippen LogP contribution in [0, 0.1) is 0 Å². The van der Waals surface area contributed by atoms with E-state index in [1.54, 1.807) is 48.9 Å². The molecular weight excluding hydrogens is 307 g/mol. The molecule has 0 fully saturated rings. The maximum atomic E-state index is 12.8. The molecule has 0 bridgehead atoms. The summed E-state index contributed by atoms with van der Waals surface area (Å²) >= 11 is 12.0. The molecule has 0 amide bonds. The Morgan fingerprint density at radius 2 is 1.81 bits per heavy atom. The van der Waals surface area contributed by atoms with Gasteiger partial charge >= 0.3 is 0 Å². The van der Waals surface area contributed by atoms with Gasteiger partial charge < -0.3 is 4.90 Å². The smallest absolute Gasteiger partial charge is 0.196 e. The average molecular weight is 321 g/mol. The fourth-order valence-corrected chi connectivity index (χ4v) is 2.37. The molecule has 0 aliphatic rings. The first kappa shape index (κ1) is 15.5. The fraction of sp³-hybridized carbons (Fsp3) is 0.125. The van der Waals surface area contributed by atoms with E-state index in [-0.39, 0.29) is 5.78 Å². The summed E-state index contributed by atoms with van der Waals surface area (Å²) in [5.41, 5.74) is 1.76. The predicted octanol–water partition coefficient (Wildman–Crippen LogP) is 4.17. The number of halogens is 2. The molecule has 0 atom stereocenters. The van der Waals surface area contributed by atoms with Crippen LogP contribution in [0.2, 0.25) is 10.0 Å². The lowest BCUT2D eigenvalue weighted by Crippen LogP contribution is -2.10. The van der Waals surface area contributed by atoms with Gasteiger partial charge in [-0.1, -0.05) is 23.2 Å². The Kier molecular flexibility index (Phi) is 4.99. The van der Waals surface area contributed by atoms with E-state index >= 15 is 0 Å². The highest BCUT2D eigenvalue weighted by Crippen LogP contribution is 2.27. The number of ketones is 1. The number of allylic oxidation sites excluding steroid dienone is 1. The zero-order valence-electron chi connectivity index (χ0n) is 11.7. The molecule has 1 aromatic carbocycles. The van der Waals surface area contributed by atoms with Crippen molar-refractivity contribution in [2.75, 3.05) is 14.1 Å². The molecule has 2 aromatic rings. The van der Waals surface area contributed by atoms with Crippen molar-refractivity contribution in [3.63, 3.8) is 0 Å². The van der Waals surface area contributed by atoms with Crippen molar-refractivity contribution in [3.05, 3.63) is 70.1 Å². The maximum absolute atomic E-state index is 12.8. The summed E-state index contributed by atoms with van der Waals surface area (Å²) in [6, 6.07) is 8.43. The topological polar surface area (TPSA) is 33.2 Å². The quantitative estimate of drug-likeness (QED) is 0.626. The number of aromatic nitrogens is 1. The molecule has 21 heavy (non-hydrogen) atoms. The van der Waals surface area contributed by atoms with E-state index in [1.165, 1.54) is 0 Å². The van der Waals surface area contributed by atoms with Crippen LogP contribution < -0.4 is 0 Å². The van der Waals surface area contributed by atoms with Gasteiger partial charge in [0.1, 0.15) is 0 Å². The molecule has 108 valence electrons. The first-order chi connectivity index (χ1) is 9.99. The summed E-state index contributed by atoms with van der Waals surface area (Å²) in [6.07, 6.45) is 5.06. The van der Waals surface area contributed by atoms with Gasteiger partial charge in [0.15, 0.2) is 5.78 Å². The molecular formula is C16H14Cl2N2O. The maximum Gasteiger partial charge on any atom is 0.196 e. The predicted molar refractivity (Wildman–Crippen MR) is 86.7 cm³/mol. The largest absolute Gasteiger partial charge is 0.383 e. The molecule has 0 spiro atoms. The van der Waals surface area contributed by atoms with Crippen molar-refractivity contribution < 1.29 is 4.79 Å². The molecule has 0 aliphatic carbocycles. The van der Waals surface area contributed by atoms with Gasteiger partial charge in [-0.2, -0.15) is 0 Å². The van der Waals surface area contributed by atoms with Crippen LogP contribution >= 0.6 is 23.2 Å². The second-order valence-electron chi connectivity index (χ2n) is 4.70. The average Bonchev–Trinajstić information content (AvgIpc) is 2.45. The van der Waals surface area contributed by atoms with Gasteiger partial charge in [-0.15, -0.1) is 0 Å². The van der Waals surface area contributed by atoms with Crippen molar-refractivity contribution in [1.29, 1.82) is 0 Å². The van der Waals surface area contributed by atoms with E-state index in [0.717, 1.165) is 5.56 Å². The minimum Gasteiger partial charge on any atom is -0.383 e. The first-order valence-electron chi connectivity index (χ1n) is 6.27. The van der Waals surface area contributed by atoms with Crippen LogP contribution in [0.15, 0.2) is 48.9 Å². The van der Waals surface area contributed by atoms with Gasteiger partial charge in [-0.3, -0.25) is 9.78 Å². The Morgan fingerprint density at radius 1 is 1.14 bits per heavy atom. The Balaban J connectivity index is 2.49. The van der Waals surface area contributed by atoms with Gasteiger partial charge in [-0.05, 0) is 35.9 Å². The minimum absolute atomic E-state index is 0.156. The third kappa shape index (κ3) is 3.84. The standard InChI is InChI=1S/C16H14Cl2N2O/c1-20(2)10-14(11-5-7-19-8-6-11)16(21)13-4-3-12(17)9-15(13)18/h3-10H,1-2H3. The number of carbonyl (C=O) groups is 1. The van der Waals surface area contributed by atoms with Gasteiger partial charge in [-0.25, -0.2) is 0 Å². The van der Waals surface area contributed by atoms with Gasteiger partial charge in [0.05, 0.1) is 5.02 Å². The Labute approximate surface area is 133 Å². The van der Waals surface area contributed by atoms with Crippen LogP contribution in [0.3, 0.4) is 0 Å². The Bertz CT molecular complexity index is 682. The number of pyridine rings is 1. The summed E-state index contributed by atoms with van der Waals surface area (Å²) in [4.78, 5) is 18.6. The summed E-state index contributed by atoms with van der Waals surface area (Å²) < 4.78 is 0. The molecule has 1 aromatic heterocycles. The lowest BCUT2D eigenvalue weighted by atomic mass is 9.98. The molecule has 1 heterocycles. The van der Waals surface area contributed by atoms with E-state index < -0.39 is 0 Å². The van der Waals surface area contributed by atoms with Crippen LogP contribution in [0.4, 0.5) is 0 Å². The van der Waals surface area contributed by atoms with Crippen LogP contribution in [0.5, 0.6) is 0 Å². The fourth-order valence-electron chi connectivity index (χ4n) is 1.87. The zero-order valence-corrected chi connectivity index (χ0v) is 13.2. The van der Waals surface area contributed by atoms with Crippen LogP contribution in [0.25, 0.3) is 5.57 Å². The van der Waals surface area contributed by atoms with Crippen LogP contribution in [-0.2, 0) is 0 Å². The highest BCUT2D eigenvalue weighted by Gasteiger charge is 2.17. The molecule has 3 nitrogen and oxygen atoms in total. The van der Waals surface area contributed by atoms with Crippen molar-refractivity contribution in [1.82, 2.24) is 9.88 Å². The summed E-state index contributed by atoms with van der Waals surface area (Å²) in [6.45, 7) is 0. The van der Waals surface area contributed by atoms with Crippen molar-refractivity contribution >= 4 is 34.6 Å². The molecule has 0 N–H and O–H groups in total. The highest BCUT2D eigenvalue weighted by molar-refractivity contribution is 6.40. The first-order valence-corrected chi connectivity index (χ1v) is 7.03. The molecule has 5 heteroatoms. The van der Waals surface area contributed by atoms with E-state index in [0.29, 0.717) is 21.2 Å². The highest BCUT2D eigenvalue weighted by atomic mass is 35.5. The van der Waals surface area contributed by atoms with E-state index in [4.69, 9.17) is 23.2 Å². The van der Waals surface area contributed by atoms with Crippen molar-refractivity contribution in [2.45, 2.75) is 0 Å². The molecule has 2 rings (SSSR count). The third-order valence-electron chi connectivity index (χ3n) is 2.80. The number of hydrogen-bond acceptors (Lipinski definition) is 3. The number of rotatable bonds is 4. The normalized spacial score (nSPS) is 11.3. The second kappa shape index (κ2) is 6.74. The number of Topliss-reactive ketones (excluding diaryl/α,β-unsaturated/α-hetero) is 1. The summed E-state index contributed by atoms with van der Waals surface area (Å²) in [5.74, 6) is -0.156. The van der Waals surface area contributed by atoms with Crippen molar-refractivity contribution in [2.24, 2.45) is 0 Å². The monoisotopic (exact) mass is 320 g/mol. The summed E-state index contributed by atoms with van der Waals surface area (Å²) in [7, 11) is 3.72. The lowest BCUT2D eigenvalue weighted by molar-refractivity contribution is 0.105. The van der Waals surface area contributed by atoms with Crippen molar-refractivity contribution in [3.8, 4) is 0 Å². The van der Waals surface area contributed by atoms with E-state index in [2.05, 4.69) is 4.98 Å². The van der Waals surface area contributed by atoms with Gasteiger partial charge in [0, 0.05) is 48.8 Å². The molecule has 0 radical (unpaired) electrons. The van der Waals surface area contributed by atoms with Crippen LogP contribution in [-0.4, -0.2) is 29.8 Å².